The van der Waals surface area contributed by atoms with Crippen LogP contribution in [0.5, 0.6) is 0 Å². The van der Waals surface area contributed by atoms with Crippen LogP contribution >= 0.6 is 0 Å². The molecule has 7 nitrogen and oxygen atoms in total. The summed E-state index contributed by atoms with van der Waals surface area (Å²) in [5, 5.41) is 2.87. The second-order valence-electron chi connectivity index (χ2n) is 7.50. The molecule has 1 aromatic heterocycles. The summed E-state index contributed by atoms with van der Waals surface area (Å²) in [5.41, 5.74) is -0.0782. The molecule has 1 amide bonds. The molecular formula is C20H28N4O3. The van der Waals surface area contributed by atoms with Gasteiger partial charge in [-0.2, -0.15) is 0 Å². The van der Waals surface area contributed by atoms with Crippen LogP contribution in [0.2, 0.25) is 0 Å². The Hall–Kier alpha value is -2.41. The lowest BCUT2D eigenvalue weighted by Gasteiger charge is -2.30. The van der Waals surface area contributed by atoms with E-state index in [1.165, 1.54) is 22.0 Å². The Morgan fingerprint density at radius 3 is 2.67 bits per heavy atom. The Bertz CT molecular complexity index is 931. The lowest BCUT2D eigenvalue weighted by atomic mass is 10.0. The molecule has 0 aliphatic carbocycles. The minimum absolute atomic E-state index is 0.143. The molecule has 1 aromatic carbocycles. The quantitative estimate of drug-likeness (QED) is 0.605. The van der Waals surface area contributed by atoms with Crippen molar-refractivity contribution in [2.24, 2.45) is 13.0 Å². The fourth-order valence-corrected chi connectivity index (χ4v) is 3.83. The molecule has 2 heterocycles. The van der Waals surface area contributed by atoms with E-state index in [4.69, 9.17) is 0 Å². The maximum absolute atomic E-state index is 12.3. The number of benzene rings is 1. The number of hydrogen-bond acceptors (Lipinski definition) is 4. The van der Waals surface area contributed by atoms with Crippen molar-refractivity contribution in [2.75, 3.05) is 26.2 Å². The van der Waals surface area contributed by atoms with Gasteiger partial charge in [0, 0.05) is 20.1 Å². The van der Waals surface area contributed by atoms with E-state index in [-0.39, 0.29) is 12.5 Å². The van der Waals surface area contributed by atoms with Crippen molar-refractivity contribution < 1.29 is 4.79 Å². The van der Waals surface area contributed by atoms with Gasteiger partial charge in [0.15, 0.2) is 0 Å². The first-order valence-corrected chi connectivity index (χ1v) is 9.65. The molecule has 0 bridgehead atoms. The van der Waals surface area contributed by atoms with Gasteiger partial charge in [-0.1, -0.05) is 19.1 Å². The molecule has 1 saturated heterocycles. The normalized spacial score (nSPS) is 17.9. The van der Waals surface area contributed by atoms with Crippen LogP contribution in [0.4, 0.5) is 0 Å². The fourth-order valence-electron chi connectivity index (χ4n) is 3.83. The molecule has 0 radical (unpaired) electrons. The maximum atomic E-state index is 12.3. The predicted octanol–water partition coefficient (Wildman–Crippen LogP) is 0.938. The first kappa shape index (κ1) is 19.4. The number of hydrogen-bond donors (Lipinski definition) is 1. The first-order valence-electron chi connectivity index (χ1n) is 9.65. The van der Waals surface area contributed by atoms with Crippen molar-refractivity contribution >= 4 is 16.9 Å². The van der Waals surface area contributed by atoms with Gasteiger partial charge in [0.05, 0.1) is 11.0 Å². The zero-order valence-electron chi connectivity index (χ0n) is 16.1. The summed E-state index contributed by atoms with van der Waals surface area (Å²) in [7, 11) is 1.57. The molecule has 2 aromatic rings. The number of aryl methyl sites for hydroxylation is 1. The highest BCUT2D eigenvalue weighted by molar-refractivity contribution is 5.80. The third kappa shape index (κ3) is 4.47. The van der Waals surface area contributed by atoms with Crippen LogP contribution in [0.3, 0.4) is 0 Å². The number of aromatic nitrogens is 2. The maximum Gasteiger partial charge on any atom is 0.317 e. The molecule has 7 heteroatoms. The molecule has 1 aliphatic rings. The number of para-hydroxylation sites is 2. The second kappa shape index (κ2) is 8.52. The largest absolute Gasteiger partial charge is 0.355 e. The van der Waals surface area contributed by atoms with Gasteiger partial charge in [0.2, 0.25) is 5.91 Å². The van der Waals surface area contributed by atoms with Crippen LogP contribution < -0.4 is 16.4 Å². The van der Waals surface area contributed by atoms with Crippen molar-refractivity contribution in [3.8, 4) is 0 Å². The Morgan fingerprint density at radius 1 is 1.19 bits per heavy atom. The van der Waals surface area contributed by atoms with Gasteiger partial charge in [0.1, 0.15) is 6.54 Å². The van der Waals surface area contributed by atoms with E-state index in [9.17, 15) is 14.4 Å². The van der Waals surface area contributed by atoms with E-state index in [0.29, 0.717) is 17.6 Å². The highest BCUT2D eigenvalue weighted by Gasteiger charge is 2.16. The minimum Gasteiger partial charge on any atom is -0.355 e. The average Bonchev–Trinajstić information content (AvgIpc) is 2.67. The van der Waals surface area contributed by atoms with Gasteiger partial charge in [0.25, 0.3) is 0 Å². The standard InChI is InChI=1S/C20H28N4O3/c1-15-7-5-11-23(13-15)12-6-10-21-18(25)14-24-17-9-4-3-8-16(17)22(2)19(26)20(24)27/h3-4,8-9,15H,5-7,10-14H2,1-2H3,(H,21,25)/t15-/m0/s1. The summed E-state index contributed by atoms with van der Waals surface area (Å²) in [5.74, 6) is 0.497. The van der Waals surface area contributed by atoms with E-state index < -0.39 is 11.1 Å². The van der Waals surface area contributed by atoms with Gasteiger partial charge in [-0.05, 0) is 50.4 Å². The SMILES string of the molecule is C[C@H]1CCCN(CCCNC(=O)Cn2c(=O)c(=O)n(C)c3ccccc32)C1. The number of fused-ring (bicyclic) bond motifs is 1. The summed E-state index contributed by atoms with van der Waals surface area (Å²) in [6.45, 7) is 5.94. The lowest BCUT2D eigenvalue weighted by molar-refractivity contribution is -0.121. The number of nitrogens with one attached hydrogen (secondary N) is 1. The third-order valence-electron chi connectivity index (χ3n) is 5.28. The predicted molar refractivity (Wildman–Crippen MR) is 106 cm³/mol. The number of amides is 1. The molecule has 27 heavy (non-hydrogen) atoms. The molecule has 1 atom stereocenters. The Kier molecular flexibility index (Phi) is 6.11. The van der Waals surface area contributed by atoms with E-state index in [1.807, 2.05) is 0 Å². The molecular weight excluding hydrogens is 344 g/mol. The Balaban J connectivity index is 1.60. The van der Waals surface area contributed by atoms with Crippen LogP contribution in [-0.2, 0) is 18.4 Å². The zero-order chi connectivity index (χ0) is 19.4. The minimum atomic E-state index is -0.673. The van der Waals surface area contributed by atoms with Crippen molar-refractivity contribution in [1.82, 2.24) is 19.4 Å². The van der Waals surface area contributed by atoms with Gasteiger partial charge >= 0.3 is 11.1 Å². The molecule has 1 N–H and O–H groups in total. The van der Waals surface area contributed by atoms with Crippen LogP contribution in [0.1, 0.15) is 26.2 Å². The number of rotatable bonds is 6. The van der Waals surface area contributed by atoms with Crippen molar-refractivity contribution in [3.05, 3.63) is 45.0 Å². The van der Waals surface area contributed by atoms with Crippen molar-refractivity contribution in [1.29, 1.82) is 0 Å². The summed E-state index contributed by atoms with van der Waals surface area (Å²) >= 11 is 0. The molecule has 1 fully saturated rings. The van der Waals surface area contributed by atoms with Crippen LogP contribution in [0.25, 0.3) is 11.0 Å². The number of carbonyl (C=O) groups is 1. The van der Waals surface area contributed by atoms with Crippen LogP contribution in [-0.4, -0.2) is 46.1 Å². The molecule has 0 unspecified atom stereocenters. The van der Waals surface area contributed by atoms with Gasteiger partial charge in [-0.3, -0.25) is 19.0 Å². The number of carbonyl (C=O) groups excluding carboxylic acids is 1. The highest BCUT2D eigenvalue weighted by Crippen LogP contribution is 2.15. The molecule has 1 aliphatic heterocycles. The second-order valence-corrected chi connectivity index (χ2v) is 7.50. The van der Waals surface area contributed by atoms with Crippen LogP contribution in [0.15, 0.2) is 33.9 Å². The van der Waals surface area contributed by atoms with Gasteiger partial charge < -0.3 is 14.8 Å². The number of nitrogens with zero attached hydrogens (tertiary/aromatic N) is 3. The van der Waals surface area contributed by atoms with E-state index in [0.717, 1.165) is 32.0 Å². The Morgan fingerprint density at radius 2 is 1.93 bits per heavy atom. The monoisotopic (exact) mass is 372 g/mol. The summed E-state index contributed by atoms with van der Waals surface area (Å²) in [6, 6.07) is 7.11. The topological polar surface area (TPSA) is 76.3 Å². The molecule has 0 saturated carbocycles. The average molecular weight is 372 g/mol. The third-order valence-corrected chi connectivity index (χ3v) is 5.28. The van der Waals surface area contributed by atoms with Crippen molar-refractivity contribution in [3.63, 3.8) is 0 Å². The molecule has 3 rings (SSSR count). The van der Waals surface area contributed by atoms with Gasteiger partial charge in [-0.15, -0.1) is 0 Å². The van der Waals surface area contributed by atoms with Crippen LogP contribution in [0, 0.1) is 5.92 Å². The van der Waals surface area contributed by atoms with E-state index >= 15 is 0 Å². The number of likely N-dealkylation sites (tertiary alicyclic amines) is 1. The summed E-state index contributed by atoms with van der Waals surface area (Å²) in [4.78, 5) is 39.2. The number of piperidine rings is 1. The molecule has 146 valence electrons. The van der Waals surface area contributed by atoms with Crippen molar-refractivity contribution in [2.45, 2.75) is 32.7 Å². The molecule has 0 spiro atoms. The zero-order valence-corrected chi connectivity index (χ0v) is 16.1. The first-order chi connectivity index (χ1) is 13.0. The van der Waals surface area contributed by atoms with E-state index in [2.05, 4.69) is 17.1 Å². The van der Waals surface area contributed by atoms with E-state index in [1.54, 1.807) is 31.3 Å². The highest BCUT2D eigenvalue weighted by atomic mass is 16.2. The van der Waals surface area contributed by atoms with Gasteiger partial charge in [-0.25, -0.2) is 0 Å². The smallest absolute Gasteiger partial charge is 0.317 e. The summed E-state index contributed by atoms with van der Waals surface area (Å²) < 4.78 is 2.59. The lowest BCUT2D eigenvalue weighted by Crippen LogP contribution is -2.43. The Labute approximate surface area is 158 Å². The fraction of sp³-hybridized carbons (Fsp3) is 0.550. The summed E-state index contributed by atoms with van der Waals surface area (Å²) in [6.07, 6.45) is 3.42.